The molecule has 1 aromatic carbocycles. The van der Waals surface area contributed by atoms with Crippen LogP contribution in [0.3, 0.4) is 0 Å². The highest BCUT2D eigenvalue weighted by Crippen LogP contribution is 2.36. The van der Waals surface area contributed by atoms with Gasteiger partial charge in [-0.2, -0.15) is 0 Å². The van der Waals surface area contributed by atoms with Crippen molar-refractivity contribution in [2.24, 2.45) is 5.92 Å². The summed E-state index contributed by atoms with van der Waals surface area (Å²) in [5.41, 5.74) is 2.64. The number of hydrogen-bond donors (Lipinski definition) is 1. The van der Waals surface area contributed by atoms with Crippen LogP contribution in [0.25, 0.3) is 0 Å². The highest BCUT2D eigenvalue weighted by Gasteiger charge is 2.29. The highest BCUT2D eigenvalue weighted by atomic mass is 79.9. The summed E-state index contributed by atoms with van der Waals surface area (Å²) in [5, 5.41) is 2.86. The molecule has 0 atom stereocenters. The molecule has 0 spiro atoms. The zero-order valence-electron chi connectivity index (χ0n) is 16.2. The predicted octanol–water partition coefficient (Wildman–Crippen LogP) is 5.29. The number of nitrogens with zero attached hydrogens (tertiary/aromatic N) is 1. The van der Waals surface area contributed by atoms with Gasteiger partial charge in [0.15, 0.2) is 0 Å². The Morgan fingerprint density at radius 1 is 1.27 bits per heavy atom. The van der Waals surface area contributed by atoms with Crippen molar-refractivity contribution in [1.82, 2.24) is 5.32 Å². The second-order valence-corrected chi connectivity index (χ2v) is 9.63. The Bertz CT molecular complexity index is 633. The van der Waals surface area contributed by atoms with E-state index in [0.29, 0.717) is 18.6 Å². The maximum atomic E-state index is 11.8. The average molecular weight is 423 g/mol. The van der Waals surface area contributed by atoms with E-state index in [4.69, 9.17) is 4.74 Å². The third kappa shape index (κ3) is 5.15. The molecule has 5 heteroatoms. The van der Waals surface area contributed by atoms with E-state index < -0.39 is 0 Å². The molecule has 26 heavy (non-hydrogen) atoms. The van der Waals surface area contributed by atoms with Crippen molar-refractivity contribution in [2.45, 2.75) is 70.9 Å². The summed E-state index contributed by atoms with van der Waals surface area (Å²) in [6.07, 6.45) is 6.76. The van der Waals surface area contributed by atoms with Crippen molar-refractivity contribution >= 4 is 27.7 Å². The molecule has 0 radical (unpaired) electrons. The van der Waals surface area contributed by atoms with E-state index in [9.17, 15) is 4.79 Å². The van der Waals surface area contributed by atoms with E-state index in [-0.39, 0.29) is 11.6 Å². The van der Waals surface area contributed by atoms with Crippen molar-refractivity contribution in [3.8, 4) is 0 Å². The van der Waals surface area contributed by atoms with Crippen LogP contribution >= 0.6 is 15.9 Å². The number of carbonyl (C=O) groups is 1. The fourth-order valence-electron chi connectivity index (χ4n) is 4.13. The number of ether oxygens (including phenoxy) is 1. The molecule has 1 fully saturated rings. The van der Waals surface area contributed by atoms with Crippen molar-refractivity contribution < 1.29 is 9.53 Å². The third-order valence-corrected chi connectivity index (χ3v) is 5.87. The predicted molar refractivity (Wildman–Crippen MR) is 110 cm³/mol. The van der Waals surface area contributed by atoms with Crippen LogP contribution in [-0.2, 0) is 11.2 Å². The maximum Gasteiger partial charge on any atom is 0.407 e. The fourth-order valence-corrected chi connectivity index (χ4v) is 4.54. The molecule has 4 nitrogen and oxygen atoms in total. The average Bonchev–Trinajstić information content (AvgIpc) is 2.58. The minimum atomic E-state index is -0.296. The Hall–Kier alpha value is -1.23. The molecule has 1 aromatic rings. The van der Waals surface area contributed by atoms with Crippen molar-refractivity contribution in [3.05, 3.63) is 28.2 Å². The SMILES string of the molecule is CC(C)(C)NC(=O)OCC1CCC(N2CCCc3cc(Br)ccc32)CC1. The Kier molecular flexibility index (Phi) is 6.16. The molecule has 2 aliphatic rings. The van der Waals surface area contributed by atoms with Gasteiger partial charge in [0, 0.05) is 28.3 Å². The summed E-state index contributed by atoms with van der Waals surface area (Å²) < 4.78 is 6.61. The van der Waals surface area contributed by atoms with Gasteiger partial charge >= 0.3 is 6.09 Å². The molecule has 1 aliphatic heterocycles. The number of halogens is 1. The summed E-state index contributed by atoms with van der Waals surface area (Å²) in [4.78, 5) is 14.5. The lowest BCUT2D eigenvalue weighted by molar-refractivity contribution is 0.107. The summed E-state index contributed by atoms with van der Waals surface area (Å²) in [6.45, 7) is 7.60. The number of aryl methyl sites for hydroxylation is 1. The van der Waals surface area contributed by atoms with Gasteiger partial charge in [-0.1, -0.05) is 15.9 Å². The molecular weight excluding hydrogens is 392 g/mol. The molecule has 1 aliphatic carbocycles. The van der Waals surface area contributed by atoms with Crippen LogP contribution in [0, 0.1) is 5.92 Å². The largest absolute Gasteiger partial charge is 0.449 e. The maximum absolute atomic E-state index is 11.8. The molecule has 0 saturated heterocycles. The highest BCUT2D eigenvalue weighted by molar-refractivity contribution is 9.10. The van der Waals surface area contributed by atoms with Crippen LogP contribution in [0.1, 0.15) is 58.4 Å². The monoisotopic (exact) mass is 422 g/mol. The van der Waals surface area contributed by atoms with Crippen molar-refractivity contribution in [3.63, 3.8) is 0 Å². The second kappa shape index (κ2) is 8.20. The number of benzene rings is 1. The van der Waals surface area contributed by atoms with Gasteiger partial charge in [0.1, 0.15) is 0 Å². The first-order valence-electron chi connectivity index (χ1n) is 9.82. The molecule has 1 saturated carbocycles. The Balaban J connectivity index is 1.50. The van der Waals surface area contributed by atoms with Gasteiger partial charge in [0.25, 0.3) is 0 Å². The first kappa shape index (κ1) is 19.5. The van der Waals surface area contributed by atoms with E-state index in [1.807, 2.05) is 20.8 Å². The molecule has 0 bridgehead atoms. The van der Waals surface area contributed by atoms with Crippen LogP contribution in [0.2, 0.25) is 0 Å². The first-order chi connectivity index (χ1) is 12.3. The molecule has 0 aromatic heterocycles. The standard InChI is InChI=1S/C21H31BrN2O2/c1-21(2,3)23-20(25)26-14-15-6-9-18(10-7-15)24-12-4-5-16-13-17(22)8-11-19(16)24/h8,11,13,15,18H,4-7,9-10,12,14H2,1-3H3,(H,23,25). The number of hydrogen-bond acceptors (Lipinski definition) is 3. The first-order valence-corrected chi connectivity index (χ1v) is 10.6. The fraction of sp³-hybridized carbons (Fsp3) is 0.667. The number of carbonyl (C=O) groups excluding carboxylic acids is 1. The van der Waals surface area contributed by atoms with Crippen LogP contribution in [0.15, 0.2) is 22.7 Å². The Morgan fingerprint density at radius 3 is 2.69 bits per heavy atom. The molecule has 1 amide bonds. The number of fused-ring (bicyclic) bond motifs is 1. The number of alkyl carbamates (subject to hydrolysis) is 1. The lowest BCUT2D eigenvalue weighted by Crippen LogP contribution is -2.43. The van der Waals surface area contributed by atoms with Gasteiger partial charge < -0.3 is 15.0 Å². The number of nitrogens with one attached hydrogen (secondary N) is 1. The van der Waals surface area contributed by atoms with Crippen molar-refractivity contribution in [1.29, 1.82) is 0 Å². The van der Waals surface area contributed by atoms with E-state index in [1.54, 1.807) is 0 Å². The summed E-state index contributed by atoms with van der Waals surface area (Å²) >= 11 is 3.60. The van der Waals surface area contributed by atoms with Crippen LogP contribution in [0.5, 0.6) is 0 Å². The Labute approximate surface area is 165 Å². The molecule has 3 rings (SSSR count). The third-order valence-electron chi connectivity index (χ3n) is 5.38. The minimum Gasteiger partial charge on any atom is -0.449 e. The van der Waals surface area contributed by atoms with E-state index in [0.717, 1.165) is 19.4 Å². The summed E-state index contributed by atoms with van der Waals surface area (Å²) in [6, 6.07) is 7.32. The van der Waals surface area contributed by atoms with Gasteiger partial charge in [-0.05, 0) is 89.0 Å². The zero-order chi connectivity index (χ0) is 18.7. The van der Waals surface area contributed by atoms with Gasteiger partial charge in [-0.3, -0.25) is 0 Å². The van der Waals surface area contributed by atoms with E-state index in [1.165, 1.54) is 41.4 Å². The van der Waals surface area contributed by atoms with Gasteiger partial charge in [-0.15, -0.1) is 0 Å². The van der Waals surface area contributed by atoms with Crippen LogP contribution < -0.4 is 10.2 Å². The van der Waals surface area contributed by atoms with E-state index in [2.05, 4.69) is 44.3 Å². The van der Waals surface area contributed by atoms with E-state index >= 15 is 0 Å². The second-order valence-electron chi connectivity index (χ2n) is 8.72. The molecular formula is C21H31BrN2O2. The van der Waals surface area contributed by atoms with Crippen LogP contribution in [0.4, 0.5) is 10.5 Å². The van der Waals surface area contributed by atoms with Gasteiger partial charge in [0.05, 0.1) is 6.61 Å². The number of rotatable bonds is 3. The summed E-state index contributed by atoms with van der Waals surface area (Å²) in [7, 11) is 0. The summed E-state index contributed by atoms with van der Waals surface area (Å²) in [5.74, 6) is 0.492. The molecule has 0 unspecified atom stereocenters. The van der Waals surface area contributed by atoms with Gasteiger partial charge in [0.2, 0.25) is 0 Å². The van der Waals surface area contributed by atoms with Crippen LogP contribution in [-0.4, -0.2) is 30.8 Å². The topological polar surface area (TPSA) is 41.6 Å². The van der Waals surface area contributed by atoms with Gasteiger partial charge in [-0.25, -0.2) is 4.79 Å². The normalized spacial score (nSPS) is 23.3. The number of amides is 1. The smallest absolute Gasteiger partial charge is 0.407 e. The quantitative estimate of drug-likeness (QED) is 0.719. The Morgan fingerprint density at radius 2 is 2.00 bits per heavy atom. The molecule has 1 heterocycles. The zero-order valence-corrected chi connectivity index (χ0v) is 17.8. The molecule has 144 valence electrons. The molecule has 1 N–H and O–H groups in total. The van der Waals surface area contributed by atoms with Crippen molar-refractivity contribution in [2.75, 3.05) is 18.1 Å². The number of anilines is 1. The minimum absolute atomic E-state index is 0.245. The lowest BCUT2D eigenvalue weighted by Gasteiger charge is -2.41. The lowest BCUT2D eigenvalue weighted by atomic mass is 9.84.